The van der Waals surface area contributed by atoms with E-state index in [2.05, 4.69) is 5.32 Å². The molecule has 0 heterocycles. The Morgan fingerprint density at radius 1 is 1.14 bits per heavy atom. The van der Waals surface area contributed by atoms with Crippen LogP contribution in [0.5, 0.6) is 0 Å². The molecule has 22 heavy (non-hydrogen) atoms. The highest BCUT2D eigenvalue weighted by molar-refractivity contribution is 7.89. The van der Waals surface area contributed by atoms with Gasteiger partial charge in [0.1, 0.15) is 11.6 Å². The van der Waals surface area contributed by atoms with Gasteiger partial charge in [-0.3, -0.25) is 4.79 Å². The molecule has 0 aromatic heterocycles. The second-order valence-electron chi connectivity index (χ2n) is 4.46. The molecule has 0 bridgehead atoms. The van der Waals surface area contributed by atoms with Gasteiger partial charge in [-0.05, 0) is 30.3 Å². The van der Waals surface area contributed by atoms with Crippen LogP contribution in [0.2, 0.25) is 0 Å². The lowest BCUT2D eigenvalue weighted by Gasteiger charge is -2.09. The van der Waals surface area contributed by atoms with Gasteiger partial charge in [0.25, 0.3) is 5.91 Å². The van der Waals surface area contributed by atoms with E-state index >= 15 is 0 Å². The molecule has 116 valence electrons. The van der Waals surface area contributed by atoms with Gasteiger partial charge in [0, 0.05) is 12.1 Å². The highest BCUT2D eigenvalue weighted by Gasteiger charge is 2.18. The van der Waals surface area contributed by atoms with Gasteiger partial charge in [-0.2, -0.15) is 0 Å². The first-order valence-corrected chi connectivity index (χ1v) is 7.67. The summed E-state index contributed by atoms with van der Waals surface area (Å²) in [5.41, 5.74) is -0.219. The molecule has 8 heteroatoms. The predicted octanol–water partition coefficient (Wildman–Crippen LogP) is 1.54. The zero-order chi connectivity index (χ0) is 16.3. The van der Waals surface area contributed by atoms with Crippen molar-refractivity contribution in [2.24, 2.45) is 5.14 Å². The third kappa shape index (κ3) is 3.66. The van der Waals surface area contributed by atoms with Crippen molar-refractivity contribution in [2.45, 2.75) is 11.4 Å². The van der Waals surface area contributed by atoms with Gasteiger partial charge >= 0.3 is 0 Å². The van der Waals surface area contributed by atoms with E-state index in [1.54, 1.807) is 0 Å². The van der Waals surface area contributed by atoms with Crippen molar-refractivity contribution in [3.05, 3.63) is 65.2 Å². The summed E-state index contributed by atoms with van der Waals surface area (Å²) in [5.74, 6) is -2.08. The van der Waals surface area contributed by atoms with E-state index in [0.717, 1.165) is 18.2 Å². The summed E-state index contributed by atoms with van der Waals surface area (Å²) >= 11 is 0. The third-order valence-electron chi connectivity index (χ3n) is 2.89. The van der Waals surface area contributed by atoms with Crippen molar-refractivity contribution in [1.29, 1.82) is 0 Å². The first-order valence-electron chi connectivity index (χ1n) is 6.13. The Bertz CT molecular complexity index is 823. The summed E-state index contributed by atoms with van der Waals surface area (Å²) in [6.07, 6.45) is 0. The number of amides is 1. The number of halogens is 2. The van der Waals surface area contributed by atoms with Crippen molar-refractivity contribution < 1.29 is 22.0 Å². The minimum absolute atomic E-state index is 0.0542. The smallest absolute Gasteiger partial charge is 0.252 e. The van der Waals surface area contributed by atoms with Crippen molar-refractivity contribution in [1.82, 2.24) is 5.32 Å². The lowest BCUT2D eigenvalue weighted by atomic mass is 10.2. The van der Waals surface area contributed by atoms with Gasteiger partial charge in [0.05, 0.1) is 10.5 Å². The average molecular weight is 326 g/mol. The number of rotatable bonds is 4. The number of primary sulfonamides is 1. The van der Waals surface area contributed by atoms with Crippen molar-refractivity contribution >= 4 is 15.9 Å². The van der Waals surface area contributed by atoms with Crippen LogP contribution in [0.4, 0.5) is 8.78 Å². The molecular formula is C14H12F2N2O3S. The molecule has 0 saturated heterocycles. The second-order valence-corrected chi connectivity index (χ2v) is 5.99. The van der Waals surface area contributed by atoms with E-state index in [1.807, 2.05) is 0 Å². The topological polar surface area (TPSA) is 89.3 Å². The zero-order valence-electron chi connectivity index (χ0n) is 11.2. The Balaban J connectivity index is 2.22. The Morgan fingerprint density at radius 2 is 1.82 bits per heavy atom. The minimum atomic E-state index is -4.07. The van der Waals surface area contributed by atoms with Gasteiger partial charge in [-0.1, -0.05) is 12.1 Å². The molecule has 2 rings (SSSR count). The van der Waals surface area contributed by atoms with Gasteiger partial charge in [0.2, 0.25) is 10.0 Å². The van der Waals surface area contributed by atoms with E-state index in [9.17, 15) is 22.0 Å². The van der Waals surface area contributed by atoms with E-state index in [0.29, 0.717) is 0 Å². The molecular weight excluding hydrogens is 314 g/mol. The van der Waals surface area contributed by atoms with E-state index < -0.39 is 27.6 Å². The minimum Gasteiger partial charge on any atom is -0.348 e. The Labute approximate surface area is 125 Å². The normalized spacial score (nSPS) is 11.2. The Morgan fingerprint density at radius 3 is 2.50 bits per heavy atom. The van der Waals surface area contributed by atoms with Crippen molar-refractivity contribution in [3.8, 4) is 0 Å². The summed E-state index contributed by atoms with van der Waals surface area (Å²) < 4.78 is 49.3. The van der Waals surface area contributed by atoms with Crippen molar-refractivity contribution in [3.63, 3.8) is 0 Å². The number of carbonyl (C=O) groups excluding carboxylic acids is 1. The average Bonchev–Trinajstić information content (AvgIpc) is 2.47. The molecule has 0 spiro atoms. The van der Waals surface area contributed by atoms with Crippen LogP contribution in [-0.4, -0.2) is 14.3 Å². The molecule has 0 atom stereocenters. The molecule has 3 N–H and O–H groups in total. The van der Waals surface area contributed by atoms with Crippen molar-refractivity contribution in [2.75, 3.05) is 0 Å². The summed E-state index contributed by atoms with van der Waals surface area (Å²) in [4.78, 5) is 11.7. The molecule has 0 saturated carbocycles. The van der Waals surface area contributed by atoms with E-state index in [-0.39, 0.29) is 22.6 Å². The predicted molar refractivity (Wildman–Crippen MR) is 75.3 cm³/mol. The molecule has 0 fully saturated rings. The first kappa shape index (κ1) is 16.1. The molecule has 0 unspecified atom stereocenters. The molecule has 2 aromatic carbocycles. The van der Waals surface area contributed by atoms with Crippen LogP contribution >= 0.6 is 0 Å². The highest BCUT2D eigenvalue weighted by atomic mass is 32.2. The standard InChI is InChI=1S/C14H12F2N2O3S/c15-10-5-6-12(16)9(7-10)8-18-14(19)11-3-1-2-4-13(11)22(17,20)21/h1-7H,8H2,(H,18,19)(H2,17,20,21). The largest absolute Gasteiger partial charge is 0.348 e. The fourth-order valence-corrected chi connectivity index (χ4v) is 2.59. The number of hydrogen-bond donors (Lipinski definition) is 2. The lowest BCUT2D eigenvalue weighted by molar-refractivity contribution is 0.0947. The quantitative estimate of drug-likeness (QED) is 0.893. The fourth-order valence-electron chi connectivity index (χ4n) is 1.85. The summed E-state index contributed by atoms with van der Waals surface area (Å²) in [7, 11) is -4.07. The van der Waals surface area contributed by atoms with Crippen LogP contribution in [0.1, 0.15) is 15.9 Å². The molecule has 1 amide bonds. The summed E-state index contributed by atoms with van der Waals surface area (Å²) in [5, 5.41) is 7.36. The molecule has 0 aliphatic rings. The maximum absolute atomic E-state index is 13.5. The maximum atomic E-state index is 13.5. The Hall–Kier alpha value is -2.32. The Kier molecular flexibility index (Phi) is 4.53. The molecule has 5 nitrogen and oxygen atoms in total. The van der Waals surface area contributed by atoms with Crippen LogP contribution in [0.15, 0.2) is 47.4 Å². The van der Waals surface area contributed by atoms with E-state index in [1.165, 1.54) is 24.3 Å². The van der Waals surface area contributed by atoms with Gasteiger partial charge in [-0.25, -0.2) is 22.3 Å². The first-order chi connectivity index (χ1) is 10.3. The fraction of sp³-hybridized carbons (Fsp3) is 0.0714. The second kappa shape index (κ2) is 6.20. The molecule has 0 aliphatic carbocycles. The number of nitrogens with one attached hydrogen (secondary N) is 1. The van der Waals surface area contributed by atoms with Gasteiger partial charge in [-0.15, -0.1) is 0 Å². The van der Waals surface area contributed by atoms with Crippen LogP contribution in [0.3, 0.4) is 0 Å². The zero-order valence-corrected chi connectivity index (χ0v) is 12.0. The summed E-state index contributed by atoms with van der Waals surface area (Å²) in [6, 6.07) is 8.19. The number of hydrogen-bond acceptors (Lipinski definition) is 3. The number of sulfonamides is 1. The lowest BCUT2D eigenvalue weighted by Crippen LogP contribution is -2.26. The van der Waals surface area contributed by atoms with Crippen LogP contribution in [-0.2, 0) is 16.6 Å². The van der Waals surface area contributed by atoms with Crippen LogP contribution in [0.25, 0.3) is 0 Å². The number of benzene rings is 2. The molecule has 0 aliphatic heterocycles. The summed E-state index contributed by atoms with van der Waals surface area (Å²) in [6.45, 7) is -0.290. The third-order valence-corrected chi connectivity index (χ3v) is 3.85. The van der Waals surface area contributed by atoms with E-state index in [4.69, 9.17) is 5.14 Å². The highest BCUT2D eigenvalue weighted by Crippen LogP contribution is 2.14. The van der Waals surface area contributed by atoms with Crippen LogP contribution < -0.4 is 10.5 Å². The maximum Gasteiger partial charge on any atom is 0.252 e. The van der Waals surface area contributed by atoms with Gasteiger partial charge < -0.3 is 5.32 Å². The van der Waals surface area contributed by atoms with Crippen LogP contribution in [0, 0.1) is 11.6 Å². The van der Waals surface area contributed by atoms with Gasteiger partial charge in [0.15, 0.2) is 0 Å². The monoisotopic (exact) mass is 326 g/mol. The molecule has 2 aromatic rings. The molecule has 0 radical (unpaired) electrons. The SMILES string of the molecule is NS(=O)(=O)c1ccccc1C(=O)NCc1cc(F)ccc1F. The number of nitrogens with two attached hydrogens (primary N) is 1. The number of carbonyl (C=O) groups is 1.